The Kier molecular flexibility index (Phi) is 3.97. The van der Waals surface area contributed by atoms with Crippen LogP contribution in [-0.2, 0) is 13.0 Å². The second-order valence-electron chi connectivity index (χ2n) is 8.08. The molecule has 1 aliphatic carbocycles. The van der Waals surface area contributed by atoms with Crippen LogP contribution in [0.25, 0.3) is 11.1 Å². The lowest BCUT2D eigenvalue weighted by Gasteiger charge is -2.28. The molecule has 1 saturated carbocycles. The first-order valence-corrected chi connectivity index (χ1v) is 9.81. The molecule has 1 aliphatic heterocycles. The Hall–Kier alpha value is -3.16. The Labute approximate surface area is 168 Å². The standard InChI is InChI=1S/C21H23N5O3/c1-12-16(17-18(25-21(2)5-6-21)23-11-24-19(17)29-12)20(27)26-7-4-13-8-14(28-3)9-22-15(13)10-26/h8-9,11H,4-7,10H2,1-3H3,(H,23,24,25). The maximum absolute atomic E-state index is 13.5. The van der Waals surface area contributed by atoms with Crippen LogP contribution >= 0.6 is 0 Å². The first-order chi connectivity index (χ1) is 14.0. The van der Waals surface area contributed by atoms with Crippen molar-refractivity contribution in [3.63, 3.8) is 0 Å². The van der Waals surface area contributed by atoms with E-state index < -0.39 is 0 Å². The number of nitrogens with one attached hydrogen (secondary N) is 1. The summed E-state index contributed by atoms with van der Waals surface area (Å²) in [6, 6.07) is 1.99. The molecule has 29 heavy (non-hydrogen) atoms. The van der Waals surface area contributed by atoms with Crippen LogP contribution in [-0.4, -0.2) is 45.0 Å². The van der Waals surface area contributed by atoms with E-state index in [1.54, 1.807) is 20.2 Å². The Morgan fingerprint density at radius 2 is 2.14 bits per heavy atom. The van der Waals surface area contributed by atoms with Crippen LogP contribution in [0.4, 0.5) is 5.82 Å². The lowest BCUT2D eigenvalue weighted by atomic mass is 10.0. The zero-order valence-electron chi connectivity index (χ0n) is 16.8. The maximum Gasteiger partial charge on any atom is 0.258 e. The van der Waals surface area contributed by atoms with Gasteiger partial charge in [0, 0.05) is 12.1 Å². The molecule has 0 aromatic carbocycles. The molecule has 0 saturated heterocycles. The summed E-state index contributed by atoms with van der Waals surface area (Å²) in [4.78, 5) is 28.4. The third kappa shape index (κ3) is 3.08. The summed E-state index contributed by atoms with van der Waals surface area (Å²) in [7, 11) is 1.63. The van der Waals surface area contributed by atoms with Crippen LogP contribution in [0.2, 0.25) is 0 Å². The molecule has 5 rings (SSSR count). The largest absolute Gasteiger partial charge is 0.495 e. The van der Waals surface area contributed by atoms with Crippen molar-refractivity contribution in [3.05, 3.63) is 41.2 Å². The van der Waals surface area contributed by atoms with Crippen molar-refractivity contribution in [2.24, 2.45) is 0 Å². The lowest BCUT2D eigenvalue weighted by Crippen LogP contribution is -2.36. The highest BCUT2D eigenvalue weighted by atomic mass is 16.5. The van der Waals surface area contributed by atoms with Gasteiger partial charge in [0.1, 0.15) is 23.7 Å². The van der Waals surface area contributed by atoms with Crippen molar-refractivity contribution < 1.29 is 13.9 Å². The van der Waals surface area contributed by atoms with Crippen LogP contribution in [0.3, 0.4) is 0 Å². The molecule has 3 aromatic rings. The molecule has 1 amide bonds. The van der Waals surface area contributed by atoms with E-state index in [-0.39, 0.29) is 11.4 Å². The molecule has 2 aliphatic rings. The summed E-state index contributed by atoms with van der Waals surface area (Å²) in [5.41, 5.74) is 3.02. The van der Waals surface area contributed by atoms with Crippen molar-refractivity contribution in [1.82, 2.24) is 19.9 Å². The zero-order chi connectivity index (χ0) is 20.2. The summed E-state index contributed by atoms with van der Waals surface area (Å²) < 4.78 is 11.1. The van der Waals surface area contributed by atoms with Gasteiger partial charge in [-0.1, -0.05) is 0 Å². The number of fused-ring (bicyclic) bond motifs is 2. The molecule has 0 atom stereocenters. The number of aromatic nitrogens is 3. The summed E-state index contributed by atoms with van der Waals surface area (Å²) in [5.74, 6) is 1.88. The quantitative estimate of drug-likeness (QED) is 0.728. The van der Waals surface area contributed by atoms with E-state index in [1.165, 1.54) is 6.33 Å². The molecule has 0 spiro atoms. The fraction of sp³-hybridized carbons (Fsp3) is 0.429. The van der Waals surface area contributed by atoms with Crippen LogP contribution in [0.1, 0.15) is 47.1 Å². The van der Waals surface area contributed by atoms with Gasteiger partial charge in [0.05, 0.1) is 36.5 Å². The Morgan fingerprint density at radius 3 is 2.90 bits per heavy atom. The van der Waals surface area contributed by atoms with Crippen LogP contribution in [0.5, 0.6) is 5.75 Å². The molecular weight excluding hydrogens is 370 g/mol. The van der Waals surface area contributed by atoms with Gasteiger partial charge in [-0.05, 0) is 44.7 Å². The van der Waals surface area contributed by atoms with Gasteiger partial charge in [0.15, 0.2) is 0 Å². The number of ether oxygens (including phenoxy) is 1. The van der Waals surface area contributed by atoms with Gasteiger partial charge in [-0.3, -0.25) is 9.78 Å². The van der Waals surface area contributed by atoms with E-state index in [0.717, 1.165) is 36.3 Å². The number of carbonyl (C=O) groups excluding carboxylic acids is 1. The summed E-state index contributed by atoms with van der Waals surface area (Å²) in [5, 5.41) is 4.13. The smallest absolute Gasteiger partial charge is 0.258 e. The van der Waals surface area contributed by atoms with E-state index in [2.05, 4.69) is 27.2 Å². The van der Waals surface area contributed by atoms with Crippen molar-refractivity contribution in [3.8, 4) is 5.75 Å². The van der Waals surface area contributed by atoms with Crippen molar-refractivity contribution in [2.45, 2.75) is 45.2 Å². The third-order valence-electron chi connectivity index (χ3n) is 5.85. The second-order valence-corrected chi connectivity index (χ2v) is 8.08. The normalized spacial score (nSPS) is 17.1. The number of anilines is 1. The summed E-state index contributed by atoms with van der Waals surface area (Å²) in [6.07, 6.45) is 6.06. The predicted molar refractivity (Wildman–Crippen MR) is 107 cm³/mol. The summed E-state index contributed by atoms with van der Waals surface area (Å²) in [6.45, 7) is 5.02. The molecule has 0 radical (unpaired) electrons. The molecule has 8 nitrogen and oxygen atoms in total. The number of pyridine rings is 1. The van der Waals surface area contributed by atoms with Gasteiger partial charge >= 0.3 is 0 Å². The number of methoxy groups -OCH3 is 1. The van der Waals surface area contributed by atoms with E-state index in [1.807, 2.05) is 11.0 Å². The number of nitrogens with zero attached hydrogens (tertiary/aromatic N) is 4. The predicted octanol–water partition coefficient (Wildman–Crippen LogP) is 3.10. The maximum atomic E-state index is 13.5. The topological polar surface area (TPSA) is 93.4 Å². The fourth-order valence-corrected chi connectivity index (χ4v) is 3.83. The first kappa shape index (κ1) is 17.9. The Bertz CT molecular complexity index is 1120. The first-order valence-electron chi connectivity index (χ1n) is 9.81. The van der Waals surface area contributed by atoms with E-state index in [4.69, 9.17) is 9.15 Å². The molecule has 1 N–H and O–H groups in total. The highest BCUT2D eigenvalue weighted by molar-refractivity contribution is 6.10. The zero-order valence-corrected chi connectivity index (χ0v) is 16.8. The molecule has 150 valence electrons. The van der Waals surface area contributed by atoms with Crippen LogP contribution < -0.4 is 10.1 Å². The minimum atomic E-state index is -0.0803. The van der Waals surface area contributed by atoms with Gasteiger partial charge in [0.25, 0.3) is 5.91 Å². The Morgan fingerprint density at radius 1 is 1.31 bits per heavy atom. The number of hydrogen-bond donors (Lipinski definition) is 1. The molecule has 8 heteroatoms. The SMILES string of the molecule is COc1cnc2c(c1)CCN(C(=O)c1c(C)oc3ncnc(NC4(C)CC4)c13)C2. The number of rotatable bonds is 4. The number of furan rings is 1. The molecule has 1 fully saturated rings. The van der Waals surface area contributed by atoms with Crippen LogP contribution in [0, 0.1) is 6.92 Å². The van der Waals surface area contributed by atoms with Crippen molar-refractivity contribution in [2.75, 3.05) is 19.0 Å². The van der Waals surface area contributed by atoms with E-state index >= 15 is 0 Å². The van der Waals surface area contributed by atoms with Gasteiger partial charge in [-0.2, -0.15) is 0 Å². The van der Waals surface area contributed by atoms with Crippen molar-refractivity contribution in [1.29, 1.82) is 0 Å². The monoisotopic (exact) mass is 393 g/mol. The summed E-state index contributed by atoms with van der Waals surface area (Å²) >= 11 is 0. The minimum Gasteiger partial charge on any atom is -0.495 e. The Balaban J connectivity index is 1.50. The third-order valence-corrected chi connectivity index (χ3v) is 5.85. The lowest BCUT2D eigenvalue weighted by molar-refractivity contribution is 0.0731. The second kappa shape index (κ2) is 6.43. The highest BCUT2D eigenvalue weighted by Gasteiger charge is 2.39. The van der Waals surface area contributed by atoms with E-state index in [9.17, 15) is 4.79 Å². The number of aryl methyl sites for hydroxylation is 1. The molecule has 0 unspecified atom stereocenters. The molecular formula is C21H23N5O3. The highest BCUT2D eigenvalue weighted by Crippen LogP contribution is 2.40. The minimum absolute atomic E-state index is 0.0276. The van der Waals surface area contributed by atoms with Gasteiger partial charge in [-0.15, -0.1) is 0 Å². The molecule has 4 heterocycles. The fourth-order valence-electron chi connectivity index (χ4n) is 3.83. The number of hydrogen-bond acceptors (Lipinski definition) is 7. The van der Waals surface area contributed by atoms with Crippen molar-refractivity contribution >= 4 is 22.8 Å². The van der Waals surface area contributed by atoms with Gasteiger partial charge in [-0.25, -0.2) is 9.97 Å². The van der Waals surface area contributed by atoms with E-state index in [0.29, 0.717) is 41.3 Å². The number of amides is 1. The average Bonchev–Trinajstić information content (AvgIpc) is 3.34. The average molecular weight is 393 g/mol. The molecule has 0 bridgehead atoms. The van der Waals surface area contributed by atoms with Gasteiger partial charge in [0.2, 0.25) is 5.71 Å². The molecule has 3 aromatic heterocycles. The number of carbonyl (C=O) groups is 1. The van der Waals surface area contributed by atoms with Crippen LogP contribution in [0.15, 0.2) is 23.0 Å². The van der Waals surface area contributed by atoms with Gasteiger partial charge < -0.3 is 19.4 Å².